The lowest BCUT2D eigenvalue weighted by atomic mass is 9.94. The average molecular weight is 245 g/mol. The van der Waals surface area contributed by atoms with E-state index in [0.717, 1.165) is 16.3 Å². The molecule has 4 nitrogen and oxygen atoms in total. The molecule has 94 valence electrons. The Bertz CT molecular complexity index is 580. The fourth-order valence-corrected chi connectivity index (χ4v) is 1.97. The number of carbonyl (C=O) groups excluding carboxylic acids is 1. The average Bonchev–Trinajstić information content (AvgIpc) is 2.37. The highest BCUT2D eigenvalue weighted by Gasteiger charge is 2.14. The van der Waals surface area contributed by atoms with Gasteiger partial charge >= 0.3 is 0 Å². The quantitative estimate of drug-likeness (QED) is 0.806. The smallest absolute Gasteiger partial charge is 0.224 e. The zero-order chi connectivity index (χ0) is 13.1. The van der Waals surface area contributed by atoms with Crippen LogP contribution >= 0.6 is 0 Å². The molecule has 0 aliphatic carbocycles. The van der Waals surface area contributed by atoms with E-state index in [1.165, 1.54) is 0 Å². The minimum absolute atomic E-state index is 0.363. The van der Waals surface area contributed by atoms with Gasteiger partial charge < -0.3 is 15.6 Å². The summed E-state index contributed by atoms with van der Waals surface area (Å²) in [5.41, 5.74) is 6.21. The van der Waals surface area contributed by atoms with Crippen LogP contribution in [0.15, 0.2) is 36.4 Å². The molecule has 0 aliphatic rings. The van der Waals surface area contributed by atoms with Crippen molar-refractivity contribution in [1.29, 1.82) is 0 Å². The maximum Gasteiger partial charge on any atom is 0.224 e. The second-order valence-corrected chi connectivity index (χ2v) is 4.13. The zero-order valence-electron chi connectivity index (χ0n) is 10.1. The van der Waals surface area contributed by atoms with Crippen molar-refractivity contribution < 1.29 is 14.6 Å². The van der Waals surface area contributed by atoms with Crippen LogP contribution in [0.1, 0.15) is 18.4 Å². The summed E-state index contributed by atoms with van der Waals surface area (Å²) in [4.78, 5) is 11.3. The second-order valence-electron chi connectivity index (χ2n) is 4.13. The van der Waals surface area contributed by atoms with Crippen LogP contribution in [-0.4, -0.2) is 17.8 Å². The molecule has 0 heterocycles. The van der Waals surface area contributed by atoms with Gasteiger partial charge in [0.05, 0.1) is 5.92 Å². The fraction of sp³-hybridized carbons (Fsp3) is 0.214. The molecule has 0 saturated heterocycles. The first kappa shape index (κ1) is 12.4. The Morgan fingerprint density at radius 2 is 2.17 bits per heavy atom. The van der Waals surface area contributed by atoms with Crippen LogP contribution in [0.4, 0.5) is 0 Å². The van der Waals surface area contributed by atoms with Gasteiger partial charge in [-0.3, -0.25) is 4.79 Å². The second kappa shape index (κ2) is 5.06. The lowest BCUT2D eigenvalue weighted by Gasteiger charge is -2.12. The number of fused-ring (bicyclic) bond motifs is 1. The van der Waals surface area contributed by atoms with Gasteiger partial charge in [0.2, 0.25) is 5.91 Å². The summed E-state index contributed by atoms with van der Waals surface area (Å²) in [5.74, 6) is -0.164. The largest absolute Gasteiger partial charge is 0.468 e. The van der Waals surface area contributed by atoms with Crippen molar-refractivity contribution >= 4 is 16.7 Å². The number of benzene rings is 2. The van der Waals surface area contributed by atoms with Crippen molar-refractivity contribution in [3.8, 4) is 5.75 Å². The summed E-state index contributed by atoms with van der Waals surface area (Å²) in [5, 5.41) is 10.7. The zero-order valence-corrected chi connectivity index (χ0v) is 10.1. The molecule has 1 atom stereocenters. The van der Waals surface area contributed by atoms with Crippen LogP contribution in [0, 0.1) is 0 Å². The van der Waals surface area contributed by atoms with Crippen LogP contribution in [0.3, 0.4) is 0 Å². The van der Waals surface area contributed by atoms with Gasteiger partial charge in [0.1, 0.15) is 5.75 Å². The summed E-state index contributed by atoms with van der Waals surface area (Å²) >= 11 is 0. The monoisotopic (exact) mass is 245 g/mol. The van der Waals surface area contributed by atoms with Gasteiger partial charge in [-0.05, 0) is 35.4 Å². The number of primary amides is 1. The van der Waals surface area contributed by atoms with Crippen LogP contribution in [-0.2, 0) is 4.79 Å². The lowest BCUT2D eigenvalue weighted by molar-refractivity contribution is -0.119. The Kier molecular flexibility index (Phi) is 3.48. The molecule has 4 heteroatoms. The van der Waals surface area contributed by atoms with Crippen molar-refractivity contribution in [3.05, 3.63) is 42.0 Å². The van der Waals surface area contributed by atoms with Crippen LogP contribution < -0.4 is 10.5 Å². The summed E-state index contributed by atoms with van der Waals surface area (Å²) in [6.07, 6.45) is 0. The number of amides is 1. The van der Waals surface area contributed by atoms with Gasteiger partial charge in [-0.25, -0.2) is 0 Å². The molecule has 2 aromatic rings. The van der Waals surface area contributed by atoms with E-state index in [-0.39, 0.29) is 18.6 Å². The Labute approximate surface area is 105 Å². The molecule has 1 amide bonds. The van der Waals surface area contributed by atoms with Crippen LogP contribution in [0.25, 0.3) is 10.8 Å². The number of carbonyl (C=O) groups is 1. The van der Waals surface area contributed by atoms with Gasteiger partial charge in [-0.2, -0.15) is 0 Å². The Hall–Kier alpha value is -2.07. The predicted molar refractivity (Wildman–Crippen MR) is 69.3 cm³/mol. The number of aliphatic hydroxyl groups is 1. The van der Waals surface area contributed by atoms with Crippen LogP contribution in [0.2, 0.25) is 0 Å². The maximum atomic E-state index is 11.3. The summed E-state index contributed by atoms with van der Waals surface area (Å²) in [6, 6.07) is 11.2. The third kappa shape index (κ3) is 2.28. The van der Waals surface area contributed by atoms with Crippen molar-refractivity contribution in [2.45, 2.75) is 12.8 Å². The number of aliphatic hydroxyl groups excluding tert-OH is 1. The molecular weight excluding hydrogens is 230 g/mol. The first-order valence-corrected chi connectivity index (χ1v) is 5.69. The predicted octanol–water partition coefficient (Wildman–Crippen LogP) is 1.76. The van der Waals surface area contributed by atoms with Crippen molar-refractivity contribution in [1.82, 2.24) is 0 Å². The Balaban J connectivity index is 2.58. The number of hydrogen-bond donors (Lipinski definition) is 2. The van der Waals surface area contributed by atoms with Gasteiger partial charge in [-0.15, -0.1) is 0 Å². The van der Waals surface area contributed by atoms with Gasteiger partial charge in [0.15, 0.2) is 6.79 Å². The molecule has 2 rings (SSSR count). The summed E-state index contributed by atoms with van der Waals surface area (Å²) < 4.78 is 5.05. The van der Waals surface area contributed by atoms with E-state index in [1.54, 1.807) is 19.1 Å². The first-order valence-electron chi connectivity index (χ1n) is 5.69. The number of ether oxygens (including phenoxy) is 1. The standard InChI is InChI=1S/C14H15NO3/c1-9(14(15)17)12-4-2-3-10-5-6-11(18-8-16)7-13(10)12/h2-7,9,16H,8H2,1H3,(H2,15,17)/t9-/m0/s1. The first-order chi connectivity index (χ1) is 8.63. The molecule has 18 heavy (non-hydrogen) atoms. The van der Waals surface area contributed by atoms with Crippen LogP contribution in [0.5, 0.6) is 5.75 Å². The maximum absolute atomic E-state index is 11.3. The van der Waals surface area contributed by atoms with E-state index in [1.807, 2.05) is 24.3 Å². The molecule has 0 aliphatic heterocycles. The SMILES string of the molecule is C[C@H](C(N)=O)c1cccc2ccc(OCO)cc12. The van der Waals surface area contributed by atoms with Gasteiger partial charge in [0, 0.05) is 0 Å². The van der Waals surface area contributed by atoms with Crippen molar-refractivity contribution in [2.75, 3.05) is 6.79 Å². The fourth-order valence-electron chi connectivity index (χ4n) is 1.97. The highest BCUT2D eigenvalue weighted by Crippen LogP contribution is 2.28. The van der Waals surface area contributed by atoms with Crippen molar-refractivity contribution in [2.24, 2.45) is 5.73 Å². The number of hydrogen-bond acceptors (Lipinski definition) is 3. The molecule has 0 fully saturated rings. The molecule has 0 saturated carbocycles. The minimum atomic E-state index is -0.376. The molecule has 0 radical (unpaired) electrons. The molecule has 0 unspecified atom stereocenters. The Morgan fingerprint density at radius 3 is 2.83 bits per heavy atom. The number of nitrogens with two attached hydrogens (primary N) is 1. The van der Waals surface area contributed by atoms with E-state index >= 15 is 0 Å². The van der Waals surface area contributed by atoms with Gasteiger partial charge in [-0.1, -0.05) is 24.3 Å². The normalized spacial score (nSPS) is 12.3. The summed E-state index contributed by atoms with van der Waals surface area (Å²) in [6.45, 7) is 1.40. The molecule has 2 aromatic carbocycles. The molecular formula is C14H15NO3. The highest BCUT2D eigenvalue weighted by molar-refractivity contribution is 5.92. The van der Waals surface area contributed by atoms with E-state index < -0.39 is 0 Å². The summed E-state index contributed by atoms with van der Waals surface area (Å²) in [7, 11) is 0. The topological polar surface area (TPSA) is 72.6 Å². The Morgan fingerprint density at radius 1 is 1.39 bits per heavy atom. The lowest BCUT2D eigenvalue weighted by Crippen LogP contribution is -2.18. The molecule has 3 N–H and O–H groups in total. The third-order valence-corrected chi connectivity index (χ3v) is 3.01. The molecule has 0 bridgehead atoms. The molecule has 0 spiro atoms. The minimum Gasteiger partial charge on any atom is -0.468 e. The van der Waals surface area contributed by atoms with E-state index in [4.69, 9.17) is 15.6 Å². The van der Waals surface area contributed by atoms with E-state index in [2.05, 4.69) is 0 Å². The number of rotatable bonds is 4. The van der Waals surface area contributed by atoms with E-state index in [0.29, 0.717) is 5.75 Å². The van der Waals surface area contributed by atoms with E-state index in [9.17, 15) is 4.79 Å². The molecule has 0 aromatic heterocycles. The van der Waals surface area contributed by atoms with Crippen molar-refractivity contribution in [3.63, 3.8) is 0 Å². The third-order valence-electron chi connectivity index (χ3n) is 3.01. The highest BCUT2D eigenvalue weighted by atomic mass is 16.6. The van der Waals surface area contributed by atoms with Gasteiger partial charge in [0.25, 0.3) is 0 Å².